The molecule has 2 aromatic carbocycles. The number of aromatic nitrogens is 3. The van der Waals surface area contributed by atoms with Crippen LogP contribution in [0.1, 0.15) is 5.56 Å². The Morgan fingerprint density at radius 2 is 1.97 bits per heavy atom. The second-order valence-electron chi connectivity index (χ2n) is 6.57. The fraction of sp³-hybridized carbons (Fsp3) is 0.136. The fourth-order valence-electron chi connectivity index (χ4n) is 2.95. The molecule has 0 saturated heterocycles. The first-order valence-electron chi connectivity index (χ1n) is 9.38. The van der Waals surface area contributed by atoms with Crippen LogP contribution < -0.4 is 10.1 Å². The highest BCUT2D eigenvalue weighted by Crippen LogP contribution is 2.31. The Morgan fingerprint density at radius 1 is 1.16 bits per heavy atom. The number of hydrogen-bond acceptors (Lipinski definition) is 6. The zero-order valence-electron chi connectivity index (χ0n) is 16.8. The van der Waals surface area contributed by atoms with Gasteiger partial charge in [0.2, 0.25) is 5.91 Å². The molecule has 0 atom stereocenters. The van der Waals surface area contributed by atoms with Crippen molar-refractivity contribution in [3.05, 3.63) is 70.6 Å². The predicted molar refractivity (Wildman–Crippen MR) is 127 cm³/mol. The standard InChI is InChI=1S/C22H19ClN4O2S2/c1-14-17(23)5-3-6-18(14)24-20(28)13-31-22-26-25-21(19-7-4-12-30-19)27(22)15-8-10-16(29-2)11-9-15/h3-12H,13H2,1-2H3,(H,24,28). The van der Waals surface area contributed by atoms with Crippen LogP contribution in [0.25, 0.3) is 16.4 Å². The maximum absolute atomic E-state index is 12.6. The lowest BCUT2D eigenvalue weighted by Gasteiger charge is -2.11. The number of halogens is 1. The molecule has 158 valence electrons. The van der Waals surface area contributed by atoms with E-state index < -0.39 is 0 Å². The van der Waals surface area contributed by atoms with Crippen molar-refractivity contribution in [1.29, 1.82) is 0 Å². The van der Waals surface area contributed by atoms with Gasteiger partial charge in [-0.1, -0.05) is 35.5 Å². The van der Waals surface area contributed by atoms with Crippen LogP contribution in [0.2, 0.25) is 5.02 Å². The van der Waals surface area contributed by atoms with Gasteiger partial charge < -0.3 is 10.1 Å². The van der Waals surface area contributed by atoms with Crippen LogP contribution in [0.15, 0.2) is 65.1 Å². The zero-order valence-corrected chi connectivity index (χ0v) is 19.2. The van der Waals surface area contributed by atoms with Crippen LogP contribution in [0, 0.1) is 6.92 Å². The Kier molecular flexibility index (Phi) is 6.60. The largest absolute Gasteiger partial charge is 0.497 e. The van der Waals surface area contributed by atoms with Gasteiger partial charge in [0.15, 0.2) is 11.0 Å². The monoisotopic (exact) mass is 470 g/mol. The molecule has 4 aromatic rings. The molecule has 0 aliphatic heterocycles. The van der Waals surface area contributed by atoms with Crippen LogP contribution in [-0.2, 0) is 4.79 Å². The van der Waals surface area contributed by atoms with Crippen LogP contribution in [0.5, 0.6) is 5.75 Å². The van der Waals surface area contributed by atoms with E-state index in [2.05, 4.69) is 15.5 Å². The summed E-state index contributed by atoms with van der Waals surface area (Å²) >= 11 is 9.06. The molecule has 0 saturated carbocycles. The lowest BCUT2D eigenvalue weighted by Crippen LogP contribution is -2.15. The minimum Gasteiger partial charge on any atom is -0.497 e. The van der Waals surface area contributed by atoms with Crippen LogP contribution in [-0.4, -0.2) is 33.5 Å². The average molecular weight is 471 g/mol. The molecule has 0 spiro atoms. The summed E-state index contributed by atoms with van der Waals surface area (Å²) in [5, 5.41) is 14.9. The lowest BCUT2D eigenvalue weighted by atomic mass is 10.2. The Hall–Kier alpha value is -2.81. The number of carbonyl (C=O) groups excluding carboxylic acids is 1. The smallest absolute Gasteiger partial charge is 0.234 e. The summed E-state index contributed by atoms with van der Waals surface area (Å²) in [6.45, 7) is 1.87. The van der Waals surface area contributed by atoms with Gasteiger partial charge in [0.1, 0.15) is 5.75 Å². The molecule has 1 amide bonds. The summed E-state index contributed by atoms with van der Waals surface area (Å²) in [7, 11) is 1.63. The average Bonchev–Trinajstić information content (AvgIpc) is 3.45. The van der Waals surface area contributed by atoms with Crippen molar-refractivity contribution in [2.24, 2.45) is 0 Å². The molecule has 0 unspecified atom stereocenters. The number of nitrogens with one attached hydrogen (secondary N) is 1. The second-order valence-corrected chi connectivity index (χ2v) is 8.86. The molecule has 2 aromatic heterocycles. The molecular weight excluding hydrogens is 452 g/mol. The maximum Gasteiger partial charge on any atom is 0.234 e. The summed E-state index contributed by atoms with van der Waals surface area (Å²) in [5.74, 6) is 1.54. The molecular formula is C22H19ClN4O2S2. The third kappa shape index (κ3) is 4.76. The van der Waals surface area contributed by atoms with E-state index in [1.54, 1.807) is 24.5 Å². The van der Waals surface area contributed by atoms with E-state index in [1.807, 2.05) is 65.4 Å². The summed E-state index contributed by atoms with van der Waals surface area (Å²) in [6.07, 6.45) is 0. The molecule has 0 radical (unpaired) electrons. The zero-order chi connectivity index (χ0) is 21.8. The SMILES string of the molecule is COc1ccc(-n2c(SCC(=O)Nc3cccc(Cl)c3C)nnc2-c2cccs2)cc1. The molecule has 0 fully saturated rings. The number of amides is 1. The molecule has 2 heterocycles. The summed E-state index contributed by atoms with van der Waals surface area (Å²) in [5.41, 5.74) is 2.43. The van der Waals surface area contributed by atoms with Crippen molar-refractivity contribution in [3.63, 3.8) is 0 Å². The third-order valence-corrected chi connectivity index (χ3v) is 6.78. The Bertz CT molecular complexity index is 1190. The van der Waals surface area contributed by atoms with E-state index in [4.69, 9.17) is 16.3 Å². The number of thioether (sulfide) groups is 1. The number of benzene rings is 2. The van der Waals surface area contributed by atoms with E-state index >= 15 is 0 Å². The number of ether oxygens (including phenoxy) is 1. The predicted octanol–water partition coefficient (Wildman–Crippen LogP) is 5.70. The minimum atomic E-state index is -0.141. The highest BCUT2D eigenvalue weighted by Gasteiger charge is 2.18. The first kappa shape index (κ1) is 21.4. The topological polar surface area (TPSA) is 69.0 Å². The highest BCUT2D eigenvalue weighted by molar-refractivity contribution is 7.99. The Balaban J connectivity index is 1.58. The number of thiophene rings is 1. The van der Waals surface area contributed by atoms with Crippen molar-refractivity contribution in [2.45, 2.75) is 12.1 Å². The Labute approximate surface area is 193 Å². The molecule has 0 aliphatic carbocycles. The number of anilines is 1. The van der Waals surface area contributed by atoms with Gasteiger partial charge in [0.25, 0.3) is 0 Å². The van der Waals surface area contributed by atoms with Gasteiger partial charge in [-0.15, -0.1) is 21.5 Å². The van der Waals surface area contributed by atoms with Crippen molar-refractivity contribution < 1.29 is 9.53 Å². The van der Waals surface area contributed by atoms with E-state index in [9.17, 15) is 4.79 Å². The summed E-state index contributed by atoms with van der Waals surface area (Å²) in [6, 6.07) is 17.1. The molecule has 1 N–H and O–H groups in total. The van der Waals surface area contributed by atoms with Crippen molar-refractivity contribution in [3.8, 4) is 22.1 Å². The maximum atomic E-state index is 12.6. The third-order valence-electron chi connectivity index (χ3n) is 4.58. The van der Waals surface area contributed by atoms with Crippen LogP contribution >= 0.6 is 34.7 Å². The first-order valence-corrected chi connectivity index (χ1v) is 11.6. The summed E-state index contributed by atoms with van der Waals surface area (Å²) < 4.78 is 7.22. The van der Waals surface area contributed by atoms with Gasteiger partial charge >= 0.3 is 0 Å². The summed E-state index contributed by atoms with van der Waals surface area (Å²) in [4.78, 5) is 13.6. The number of methoxy groups -OCH3 is 1. The van der Waals surface area contributed by atoms with Gasteiger partial charge in [-0.05, 0) is 60.3 Å². The number of rotatable bonds is 7. The van der Waals surface area contributed by atoms with Gasteiger partial charge in [-0.25, -0.2) is 0 Å². The van der Waals surface area contributed by atoms with Gasteiger partial charge in [-0.3, -0.25) is 9.36 Å². The van der Waals surface area contributed by atoms with E-state index in [-0.39, 0.29) is 11.7 Å². The number of nitrogens with zero attached hydrogens (tertiary/aromatic N) is 3. The van der Waals surface area contributed by atoms with Crippen molar-refractivity contribution in [2.75, 3.05) is 18.2 Å². The minimum absolute atomic E-state index is 0.141. The van der Waals surface area contributed by atoms with Gasteiger partial charge in [0.05, 0.1) is 23.4 Å². The van der Waals surface area contributed by atoms with Crippen molar-refractivity contribution in [1.82, 2.24) is 14.8 Å². The van der Waals surface area contributed by atoms with Crippen LogP contribution in [0.3, 0.4) is 0 Å². The van der Waals surface area contributed by atoms with Crippen LogP contribution in [0.4, 0.5) is 5.69 Å². The van der Waals surface area contributed by atoms with Crippen molar-refractivity contribution >= 4 is 46.3 Å². The Morgan fingerprint density at radius 3 is 2.68 bits per heavy atom. The fourth-order valence-corrected chi connectivity index (χ4v) is 4.58. The molecule has 9 heteroatoms. The molecule has 31 heavy (non-hydrogen) atoms. The molecule has 0 aliphatic rings. The number of hydrogen-bond donors (Lipinski definition) is 1. The molecule has 4 rings (SSSR count). The van der Waals surface area contributed by atoms with Gasteiger partial charge in [-0.2, -0.15) is 0 Å². The number of carbonyl (C=O) groups is 1. The highest BCUT2D eigenvalue weighted by atomic mass is 35.5. The van der Waals surface area contributed by atoms with E-state index in [1.165, 1.54) is 11.8 Å². The van der Waals surface area contributed by atoms with E-state index in [0.717, 1.165) is 27.7 Å². The van der Waals surface area contributed by atoms with Gasteiger partial charge in [0, 0.05) is 10.7 Å². The normalized spacial score (nSPS) is 10.8. The first-order chi connectivity index (χ1) is 15.1. The lowest BCUT2D eigenvalue weighted by molar-refractivity contribution is -0.113. The quantitative estimate of drug-likeness (QED) is 0.351. The molecule has 0 bridgehead atoms. The molecule has 6 nitrogen and oxygen atoms in total. The van der Waals surface area contributed by atoms with E-state index in [0.29, 0.717) is 15.9 Å². The second kappa shape index (κ2) is 9.55.